The number of fused-ring (bicyclic) bond motifs is 2. The Morgan fingerprint density at radius 2 is 2.27 bits per heavy atom. The molecule has 156 valence electrons. The van der Waals surface area contributed by atoms with Crippen molar-refractivity contribution in [1.82, 2.24) is 24.8 Å². The molecule has 0 saturated carbocycles. The van der Waals surface area contributed by atoms with E-state index in [0.29, 0.717) is 24.0 Å². The minimum atomic E-state index is 0.382. The quantitative estimate of drug-likeness (QED) is 0.427. The Morgan fingerprint density at radius 3 is 3.07 bits per heavy atom. The Labute approximate surface area is 184 Å². The third-order valence-electron chi connectivity index (χ3n) is 4.64. The molecule has 3 aromatic rings. The Kier molecular flexibility index (Phi) is 6.37. The van der Waals surface area contributed by atoms with E-state index in [-0.39, 0.29) is 0 Å². The minimum absolute atomic E-state index is 0.382. The van der Waals surface area contributed by atoms with Crippen LogP contribution < -0.4 is 15.8 Å². The van der Waals surface area contributed by atoms with Gasteiger partial charge in [0.1, 0.15) is 12.1 Å². The lowest BCUT2D eigenvalue weighted by Crippen LogP contribution is -2.24. The lowest BCUT2D eigenvalue weighted by molar-refractivity contribution is 0.329. The molecule has 3 N–H and O–H groups in total. The number of benzene rings is 1. The number of terminal acetylenes is 1. The number of rotatable bonds is 7. The third-order valence-corrected chi connectivity index (χ3v) is 6.69. The van der Waals surface area contributed by atoms with Gasteiger partial charge in [-0.15, -0.1) is 18.2 Å². The summed E-state index contributed by atoms with van der Waals surface area (Å²) in [4.78, 5) is 15.4. The number of ether oxygens (including phenoxy) is 1. The van der Waals surface area contributed by atoms with Crippen molar-refractivity contribution in [1.29, 1.82) is 0 Å². The molecule has 0 atom stereocenters. The van der Waals surface area contributed by atoms with Gasteiger partial charge in [0.05, 0.1) is 11.5 Å². The van der Waals surface area contributed by atoms with Crippen LogP contribution in [-0.4, -0.2) is 44.5 Å². The van der Waals surface area contributed by atoms with E-state index in [0.717, 1.165) is 57.2 Å². The summed E-state index contributed by atoms with van der Waals surface area (Å²) in [6.07, 6.45) is 8.22. The van der Waals surface area contributed by atoms with Crippen molar-refractivity contribution in [3.8, 4) is 18.1 Å². The maximum absolute atomic E-state index is 6.07. The van der Waals surface area contributed by atoms with E-state index in [1.54, 1.807) is 11.8 Å². The molecule has 0 spiro atoms. The topological polar surface area (TPSA) is 90.9 Å². The Bertz CT molecular complexity index is 1110. The van der Waals surface area contributed by atoms with Crippen molar-refractivity contribution in [2.45, 2.75) is 47.8 Å². The number of imidazole rings is 1. The van der Waals surface area contributed by atoms with Crippen molar-refractivity contribution in [3.05, 3.63) is 24.0 Å². The lowest BCUT2D eigenvalue weighted by Gasteiger charge is -2.18. The first-order chi connectivity index (χ1) is 14.6. The second kappa shape index (κ2) is 9.16. The molecule has 7 nitrogen and oxygen atoms in total. The highest BCUT2D eigenvalue weighted by atomic mass is 32.2. The number of nitrogens with one attached hydrogen (secondary N) is 1. The van der Waals surface area contributed by atoms with E-state index in [1.807, 2.05) is 6.07 Å². The number of hydrogen-bond donors (Lipinski definition) is 2. The highest BCUT2D eigenvalue weighted by molar-refractivity contribution is 8.00. The first kappa shape index (κ1) is 20.8. The summed E-state index contributed by atoms with van der Waals surface area (Å²) in [6.45, 7) is 6.65. The molecule has 9 heteroatoms. The van der Waals surface area contributed by atoms with Crippen LogP contribution in [0.25, 0.3) is 11.2 Å². The van der Waals surface area contributed by atoms with Gasteiger partial charge in [-0.2, -0.15) is 0 Å². The number of nitrogens with zero attached hydrogens (tertiary/aromatic N) is 4. The molecule has 0 amide bonds. The van der Waals surface area contributed by atoms with Crippen LogP contribution in [0.15, 0.2) is 33.4 Å². The van der Waals surface area contributed by atoms with E-state index in [1.165, 1.54) is 18.1 Å². The Hall–Kier alpha value is -2.41. The summed E-state index contributed by atoms with van der Waals surface area (Å²) in [5, 5.41) is 4.25. The molecule has 0 bridgehead atoms. The molecular formula is C21H24N6OS2. The number of thioether (sulfide) groups is 1. The minimum Gasteiger partial charge on any atom is -0.491 e. The van der Waals surface area contributed by atoms with Crippen LogP contribution >= 0.6 is 23.5 Å². The highest BCUT2D eigenvalue weighted by Gasteiger charge is 2.20. The summed E-state index contributed by atoms with van der Waals surface area (Å²) >= 11 is 3.31. The van der Waals surface area contributed by atoms with Gasteiger partial charge in [0.15, 0.2) is 22.1 Å². The van der Waals surface area contributed by atoms with Gasteiger partial charge in [0.25, 0.3) is 0 Å². The maximum Gasteiger partial charge on any atom is 0.175 e. The zero-order valence-corrected chi connectivity index (χ0v) is 18.6. The monoisotopic (exact) mass is 440 g/mol. The van der Waals surface area contributed by atoms with E-state index in [9.17, 15) is 0 Å². The van der Waals surface area contributed by atoms with Crippen LogP contribution in [-0.2, 0) is 6.54 Å². The standard InChI is InChI=1S/C21H24N6OS2/c1-4-14-10-15-17(29-9-8-28-15)11-16(14)30-21-26-18-19(22)24-12-25-20(18)27(21)7-5-6-23-13(2)3/h1,10-13,23H,5-9H2,2-3H3,(H2,22,24,25). The molecule has 2 aromatic heterocycles. The SMILES string of the molecule is C#Cc1cc2c(cc1Sc1nc3c(N)ncnc3n1CCCNC(C)C)SCCO2. The molecule has 3 heterocycles. The molecule has 30 heavy (non-hydrogen) atoms. The van der Waals surface area contributed by atoms with Crippen LogP contribution in [0.2, 0.25) is 0 Å². The molecule has 0 unspecified atom stereocenters. The molecule has 0 fully saturated rings. The number of aromatic nitrogens is 4. The number of hydrogen-bond acceptors (Lipinski definition) is 8. The largest absolute Gasteiger partial charge is 0.491 e. The Morgan fingerprint density at radius 1 is 1.40 bits per heavy atom. The van der Waals surface area contributed by atoms with Crippen molar-refractivity contribution in [3.63, 3.8) is 0 Å². The van der Waals surface area contributed by atoms with Gasteiger partial charge < -0.3 is 20.4 Å². The number of nitrogens with two attached hydrogens (primary N) is 1. The zero-order valence-electron chi connectivity index (χ0n) is 17.0. The molecular weight excluding hydrogens is 416 g/mol. The second-order valence-corrected chi connectivity index (χ2v) is 9.32. The van der Waals surface area contributed by atoms with Crippen LogP contribution in [0.3, 0.4) is 0 Å². The fraction of sp³-hybridized carbons (Fsp3) is 0.381. The smallest absolute Gasteiger partial charge is 0.175 e. The summed E-state index contributed by atoms with van der Waals surface area (Å²) in [7, 11) is 0. The van der Waals surface area contributed by atoms with Crippen LogP contribution in [0.1, 0.15) is 25.8 Å². The van der Waals surface area contributed by atoms with Gasteiger partial charge in [-0.1, -0.05) is 31.5 Å². The molecule has 1 aliphatic rings. The van der Waals surface area contributed by atoms with Gasteiger partial charge >= 0.3 is 0 Å². The van der Waals surface area contributed by atoms with Crippen molar-refractivity contribution in [2.75, 3.05) is 24.6 Å². The second-order valence-electron chi connectivity index (χ2n) is 7.18. The predicted octanol–water partition coefficient (Wildman–Crippen LogP) is 3.41. The first-order valence-corrected chi connectivity index (χ1v) is 11.6. The van der Waals surface area contributed by atoms with Crippen LogP contribution in [0.4, 0.5) is 5.82 Å². The van der Waals surface area contributed by atoms with Gasteiger partial charge in [-0.05, 0) is 25.1 Å². The lowest BCUT2D eigenvalue weighted by atomic mass is 10.2. The normalized spacial score (nSPS) is 13.3. The molecule has 1 aromatic carbocycles. The van der Waals surface area contributed by atoms with Gasteiger partial charge in [0.2, 0.25) is 0 Å². The van der Waals surface area contributed by atoms with Crippen molar-refractivity contribution < 1.29 is 4.74 Å². The maximum atomic E-state index is 6.07. The summed E-state index contributed by atoms with van der Waals surface area (Å²) in [5.41, 5.74) is 8.23. The van der Waals surface area contributed by atoms with Crippen LogP contribution in [0.5, 0.6) is 5.75 Å². The average Bonchev–Trinajstić information content (AvgIpc) is 3.09. The predicted molar refractivity (Wildman–Crippen MR) is 122 cm³/mol. The van der Waals surface area contributed by atoms with E-state index < -0.39 is 0 Å². The molecule has 0 saturated heterocycles. The summed E-state index contributed by atoms with van der Waals surface area (Å²) < 4.78 is 7.86. The number of anilines is 1. The summed E-state index contributed by atoms with van der Waals surface area (Å²) in [6, 6.07) is 4.49. The van der Waals surface area contributed by atoms with Crippen LogP contribution in [0, 0.1) is 12.3 Å². The molecule has 0 aliphatic carbocycles. The van der Waals surface area contributed by atoms with E-state index in [4.69, 9.17) is 21.9 Å². The molecule has 4 rings (SSSR count). The highest BCUT2D eigenvalue weighted by Crippen LogP contribution is 2.41. The van der Waals surface area contributed by atoms with Crippen molar-refractivity contribution in [2.24, 2.45) is 0 Å². The van der Waals surface area contributed by atoms with E-state index >= 15 is 0 Å². The number of nitrogen functional groups attached to an aromatic ring is 1. The van der Waals surface area contributed by atoms with Gasteiger partial charge in [0, 0.05) is 28.8 Å². The fourth-order valence-corrected chi connectivity index (χ4v) is 5.16. The molecule has 1 aliphatic heterocycles. The zero-order chi connectivity index (χ0) is 21.1. The average molecular weight is 441 g/mol. The van der Waals surface area contributed by atoms with Crippen molar-refractivity contribution >= 4 is 40.5 Å². The number of aryl methyl sites for hydroxylation is 1. The fourth-order valence-electron chi connectivity index (χ4n) is 3.21. The third kappa shape index (κ3) is 4.36. The molecule has 0 radical (unpaired) electrons. The first-order valence-electron chi connectivity index (χ1n) is 9.85. The van der Waals surface area contributed by atoms with Gasteiger partial charge in [-0.25, -0.2) is 15.0 Å². The van der Waals surface area contributed by atoms with E-state index in [2.05, 4.69) is 45.7 Å². The Balaban J connectivity index is 1.69. The summed E-state index contributed by atoms with van der Waals surface area (Å²) in [5.74, 6) is 4.95. The van der Waals surface area contributed by atoms with Gasteiger partial charge in [-0.3, -0.25) is 0 Å².